The van der Waals surface area contributed by atoms with Gasteiger partial charge in [-0.3, -0.25) is 0 Å². The van der Waals surface area contributed by atoms with Crippen LogP contribution in [0.5, 0.6) is 11.5 Å². The zero-order valence-corrected chi connectivity index (χ0v) is 14.5. The molecule has 0 atom stereocenters. The van der Waals surface area contributed by atoms with Gasteiger partial charge < -0.3 is 20.5 Å². The number of nitrogens with two attached hydrogens (primary N) is 1. The maximum atomic E-state index is 6.09. The van der Waals surface area contributed by atoms with Crippen LogP contribution in [0.2, 0.25) is 0 Å². The van der Waals surface area contributed by atoms with Gasteiger partial charge in [-0.2, -0.15) is 0 Å². The van der Waals surface area contributed by atoms with Crippen molar-refractivity contribution in [3.05, 3.63) is 54.1 Å². The van der Waals surface area contributed by atoms with E-state index in [1.807, 2.05) is 42.5 Å². The molecule has 3 N–H and O–H groups in total. The van der Waals surface area contributed by atoms with Gasteiger partial charge in [0.2, 0.25) is 0 Å². The first-order valence-electron chi connectivity index (χ1n) is 8.69. The number of ether oxygens (including phenoxy) is 2. The van der Waals surface area contributed by atoms with Crippen molar-refractivity contribution in [2.24, 2.45) is 0 Å². The van der Waals surface area contributed by atoms with Crippen molar-refractivity contribution in [2.75, 3.05) is 32.0 Å². The van der Waals surface area contributed by atoms with Gasteiger partial charge in [-0.05, 0) is 62.2 Å². The number of aryl methyl sites for hydroxylation is 1. The SMILES string of the molecule is CCCNCCCc1ccc(OCCOc2ccccc2)c(N)c1. The molecule has 2 aromatic rings. The van der Waals surface area contributed by atoms with Gasteiger partial charge in [-0.15, -0.1) is 0 Å². The third kappa shape index (κ3) is 6.50. The number of para-hydroxylation sites is 1. The Hall–Kier alpha value is -2.20. The molecule has 0 saturated heterocycles. The molecule has 0 aliphatic heterocycles. The number of hydrogen-bond donors (Lipinski definition) is 2. The van der Waals surface area contributed by atoms with Gasteiger partial charge in [0.05, 0.1) is 5.69 Å². The molecule has 4 heteroatoms. The van der Waals surface area contributed by atoms with Crippen LogP contribution >= 0.6 is 0 Å². The predicted octanol–water partition coefficient (Wildman–Crippen LogP) is 3.66. The molecule has 130 valence electrons. The Morgan fingerprint density at radius 3 is 2.50 bits per heavy atom. The molecule has 0 saturated carbocycles. The minimum Gasteiger partial charge on any atom is -0.490 e. The second-order valence-electron chi connectivity index (χ2n) is 5.74. The highest BCUT2D eigenvalue weighted by molar-refractivity contribution is 5.54. The quantitative estimate of drug-likeness (QED) is 0.488. The zero-order valence-electron chi connectivity index (χ0n) is 14.5. The van der Waals surface area contributed by atoms with Crippen LogP contribution in [0, 0.1) is 0 Å². The summed E-state index contributed by atoms with van der Waals surface area (Å²) in [7, 11) is 0. The van der Waals surface area contributed by atoms with E-state index < -0.39 is 0 Å². The van der Waals surface area contributed by atoms with Crippen LogP contribution in [0.15, 0.2) is 48.5 Å². The van der Waals surface area contributed by atoms with Crippen LogP contribution in [0.25, 0.3) is 0 Å². The summed E-state index contributed by atoms with van der Waals surface area (Å²) in [5, 5.41) is 3.41. The second kappa shape index (κ2) is 10.6. The van der Waals surface area contributed by atoms with Gasteiger partial charge in [0, 0.05) is 0 Å². The molecule has 0 bridgehead atoms. The molecule has 0 aromatic heterocycles. The summed E-state index contributed by atoms with van der Waals surface area (Å²) in [5.74, 6) is 1.57. The van der Waals surface area contributed by atoms with Crippen molar-refractivity contribution >= 4 is 5.69 Å². The number of benzene rings is 2. The highest BCUT2D eigenvalue weighted by Gasteiger charge is 2.03. The number of nitrogens with one attached hydrogen (secondary N) is 1. The van der Waals surface area contributed by atoms with Crippen molar-refractivity contribution in [3.8, 4) is 11.5 Å². The Labute approximate surface area is 145 Å². The van der Waals surface area contributed by atoms with E-state index in [0.717, 1.165) is 37.4 Å². The monoisotopic (exact) mass is 328 g/mol. The van der Waals surface area contributed by atoms with Crippen molar-refractivity contribution in [1.82, 2.24) is 5.32 Å². The fraction of sp³-hybridized carbons (Fsp3) is 0.400. The summed E-state index contributed by atoms with van der Waals surface area (Å²) in [6.45, 7) is 5.27. The van der Waals surface area contributed by atoms with E-state index in [1.54, 1.807) is 0 Å². The maximum absolute atomic E-state index is 6.09. The number of hydrogen-bond acceptors (Lipinski definition) is 4. The van der Waals surface area contributed by atoms with Crippen LogP contribution < -0.4 is 20.5 Å². The number of rotatable bonds is 11. The Balaban J connectivity index is 1.69. The highest BCUT2D eigenvalue weighted by atomic mass is 16.5. The second-order valence-corrected chi connectivity index (χ2v) is 5.74. The Kier molecular flexibility index (Phi) is 7.98. The Morgan fingerprint density at radius 1 is 0.958 bits per heavy atom. The van der Waals surface area contributed by atoms with Gasteiger partial charge in [-0.1, -0.05) is 31.2 Å². The molecule has 0 amide bonds. The third-order valence-electron chi connectivity index (χ3n) is 3.67. The fourth-order valence-corrected chi connectivity index (χ4v) is 2.43. The van der Waals surface area contributed by atoms with E-state index >= 15 is 0 Å². The highest BCUT2D eigenvalue weighted by Crippen LogP contribution is 2.23. The molecule has 24 heavy (non-hydrogen) atoms. The van der Waals surface area contributed by atoms with Crippen molar-refractivity contribution in [2.45, 2.75) is 26.2 Å². The Bertz CT molecular complexity index is 587. The third-order valence-corrected chi connectivity index (χ3v) is 3.67. The van der Waals surface area contributed by atoms with Gasteiger partial charge in [-0.25, -0.2) is 0 Å². The van der Waals surface area contributed by atoms with Gasteiger partial charge in [0.1, 0.15) is 24.7 Å². The smallest absolute Gasteiger partial charge is 0.142 e. The lowest BCUT2D eigenvalue weighted by Gasteiger charge is -2.11. The summed E-state index contributed by atoms with van der Waals surface area (Å²) in [6, 6.07) is 15.8. The van der Waals surface area contributed by atoms with Crippen LogP contribution in [0.1, 0.15) is 25.3 Å². The summed E-state index contributed by atoms with van der Waals surface area (Å²) < 4.78 is 11.3. The normalized spacial score (nSPS) is 10.5. The largest absolute Gasteiger partial charge is 0.490 e. The van der Waals surface area contributed by atoms with Crippen molar-refractivity contribution < 1.29 is 9.47 Å². The first kappa shape index (κ1) is 18.1. The van der Waals surface area contributed by atoms with E-state index in [9.17, 15) is 0 Å². The Morgan fingerprint density at radius 2 is 1.75 bits per heavy atom. The molecule has 0 radical (unpaired) electrons. The van der Waals surface area contributed by atoms with E-state index in [0.29, 0.717) is 18.9 Å². The minimum atomic E-state index is 0.472. The molecular formula is C20H28N2O2. The molecule has 2 rings (SSSR count). The van der Waals surface area contributed by atoms with Gasteiger partial charge in [0.15, 0.2) is 0 Å². The molecule has 0 fully saturated rings. The lowest BCUT2D eigenvalue weighted by Crippen LogP contribution is -2.16. The van der Waals surface area contributed by atoms with E-state index in [4.69, 9.17) is 15.2 Å². The fourth-order valence-electron chi connectivity index (χ4n) is 2.43. The number of anilines is 1. The molecule has 0 unspecified atom stereocenters. The van der Waals surface area contributed by atoms with E-state index in [-0.39, 0.29) is 0 Å². The maximum Gasteiger partial charge on any atom is 0.142 e. The van der Waals surface area contributed by atoms with Gasteiger partial charge >= 0.3 is 0 Å². The van der Waals surface area contributed by atoms with Crippen molar-refractivity contribution in [3.63, 3.8) is 0 Å². The molecule has 0 aliphatic carbocycles. The van der Waals surface area contributed by atoms with Crippen LogP contribution in [0.3, 0.4) is 0 Å². The summed E-state index contributed by atoms with van der Waals surface area (Å²) in [4.78, 5) is 0. The molecule has 4 nitrogen and oxygen atoms in total. The van der Waals surface area contributed by atoms with Crippen LogP contribution in [0.4, 0.5) is 5.69 Å². The van der Waals surface area contributed by atoms with Gasteiger partial charge in [0.25, 0.3) is 0 Å². The van der Waals surface area contributed by atoms with Crippen molar-refractivity contribution in [1.29, 1.82) is 0 Å². The number of nitrogen functional groups attached to an aromatic ring is 1. The summed E-state index contributed by atoms with van der Waals surface area (Å²) >= 11 is 0. The molecule has 0 spiro atoms. The average Bonchev–Trinajstić information content (AvgIpc) is 2.61. The average molecular weight is 328 g/mol. The van der Waals surface area contributed by atoms with E-state index in [1.165, 1.54) is 12.0 Å². The topological polar surface area (TPSA) is 56.5 Å². The lowest BCUT2D eigenvalue weighted by molar-refractivity contribution is 0.218. The lowest BCUT2D eigenvalue weighted by atomic mass is 10.1. The zero-order chi connectivity index (χ0) is 17.0. The summed E-state index contributed by atoms with van der Waals surface area (Å²) in [5.41, 5.74) is 8.02. The summed E-state index contributed by atoms with van der Waals surface area (Å²) in [6.07, 6.45) is 3.32. The molecular weight excluding hydrogens is 300 g/mol. The van der Waals surface area contributed by atoms with E-state index in [2.05, 4.69) is 18.3 Å². The first-order chi connectivity index (χ1) is 11.8. The first-order valence-corrected chi connectivity index (χ1v) is 8.69. The predicted molar refractivity (Wildman–Crippen MR) is 99.8 cm³/mol. The molecule has 0 heterocycles. The molecule has 2 aromatic carbocycles. The standard InChI is InChI=1S/C20H28N2O2/c1-2-12-22-13-6-7-17-10-11-20(19(21)16-17)24-15-14-23-18-8-4-3-5-9-18/h3-5,8-11,16,22H,2,6-7,12-15,21H2,1H3. The van der Waals surface area contributed by atoms with Crippen LogP contribution in [-0.2, 0) is 6.42 Å². The van der Waals surface area contributed by atoms with Crippen LogP contribution in [-0.4, -0.2) is 26.3 Å². The molecule has 0 aliphatic rings. The minimum absolute atomic E-state index is 0.472.